The molecule has 2 N–H and O–H groups in total. The summed E-state index contributed by atoms with van der Waals surface area (Å²) in [5, 5.41) is 6.48. The fourth-order valence-corrected chi connectivity index (χ4v) is 2.76. The van der Waals surface area contributed by atoms with Crippen LogP contribution in [0.1, 0.15) is 30.9 Å². The fourth-order valence-electron chi connectivity index (χ4n) is 2.76. The third kappa shape index (κ3) is 6.57. The predicted octanol–water partition coefficient (Wildman–Crippen LogP) is 2.90. The van der Waals surface area contributed by atoms with Crippen LogP contribution in [-0.2, 0) is 12.6 Å². The monoisotopic (exact) mass is 356 g/mol. The van der Waals surface area contributed by atoms with Crippen molar-refractivity contribution >= 4 is 5.96 Å². The molecule has 1 saturated carbocycles. The predicted molar refractivity (Wildman–Crippen MR) is 94.8 cm³/mol. The Morgan fingerprint density at radius 1 is 1.16 bits per heavy atom. The highest BCUT2D eigenvalue weighted by Gasteiger charge is 2.30. The zero-order chi connectivity index (χ0) is 18.3. The number of nitrogens with one attached hydrogen (secondary N) is 2. The van der Waals surface area contributed by atoms with Crippen molar-refractivity contribution in [2.24, 2.45) is 4.99 Å². The first kappa shape index (κ1) is 19.6. The van der Waals surface area contributed by atoms with E-state index in [0.29, 0.717) is 13.0 Å². The summed E-state index contributed by atoms with van der Waals surface area (Å²) in [6.45, 7) is 5.66. The van der Waals surface area contributed by atoms with Gasteiger partial charge in [0.1, 0.15) is 0 Å². The lowest BCUT2D eigenvalue weighted by atomic mass is 10.1. The molecule has 0 aliphatic heterocycles. The van der Waals surface area contributed by atoms with Gasteiger partial charge in [-0.15, -0.1) is 0 Å². The SMILES string of the molecule is CCN(CCNC(=NC)NCCc1ccc(C(F)(F)F)cc1)C1CC1. The Kier molecular flexibility index (Phi) is 7.11. The van der Waals surface area contributed by atoms with Gasteiger partial charge in [0.2, 0.25) is 0 Å². The summed E-state index contributed by atoms with van der Waals surface area (Å²) in [6, 6.07) is 6.05. The summed E-state index contributed by atoms with van der Waals surface area (Å²) in [6.07, 6.45) is -1.04. The van der Waals surface area contributed by atoms with E-state index >= 15 is 0 Å². The van der Waals surface area contributed by atoms with Crippen molar-refractivity contribution in [3.05, 3.63) is 35.4 Å². The molecule has 0 unspecified atom stereocenters. The molecule has 1 aliphatic carbocycles. The van der Waals surface area contributed by atoms with Crippen LogP contribution in [0.4, 0.5) is 13.2 Å². The minimum Gasteiger partial charge on any atom is -0.356 e. The molecule has 0 radical (unpaired) electrons. The highest BCUT2D eigenvalue weighted by atomic mass is 19.4. The minimum atomic E-state index is -4.28. The lowest BCUT2D eigenvalue weighted by Crippen LogP contribution is -2.42. The first-order valence-electron chi connectivity index (χ1n) is 8.78. The fraction of sp³-hybridized carbons (Fsp3) is 0.611. The third-order valence-corrected chi connectivity index (χ3v) is 4.37. The van der Waals surface area contributed by atoms with E-state index in [1.165, 1.54) is 25.0 Å². The molecule has 1 fully saturated rings. The van der Waals surface area contributed by atoms with Crippen molar-refractivity contribution in [1.82, 2.24) is 15.5 Å². The molecule has 0 amide bonds. The first-order chi connectivity index (χ1) is 11.9. The van der Waals surface area contributed by atoms with Gasteiger partial charge in [0.05, 0.1) is 5.56 Å². The quantitative estimate of drug-likeness (QED) is 0.556. The van der Waals surface area contributed by atoms with Gasteiger partial charge in [-0.3, -0.25) is 9.89 Å². The second-order valence-corrected chi connectivity index (χ2v) is 6.23. The molecule has 25 heavy (non-hydrogen) atoms. The van der Waals surface area contributed by atoms with Gasteiger partial charge in [0.15, 0.2) is 5.96 Å². The number of nitrogens with zero attached hydrogens (tertiary/aromatic N) is 2. The number of rotatable bonds is 8. The summed E-state index contributed by atoms with van der Waals surface area (Å²) in [4.78, 5) is 6.64. The zero-order valence-corrected chi connectivity index (χ0v) is 14.9. The van der Waals surface area contributed by atoms with Crippen LogP contribution in [0, 0.1) is 0 Å². The molecule has 1 aromatic rings. The molecule has 0 spiro atoms. The number of halogens is 3. The van der Waals surface area contributed by atoms with Crippen molar-refractivity contribution in [3.63, 3.8) is 0 Å². The molecule has 1 aromatic carbocycles. The molecule has 1 aliphatic rings. The number of guanidine groups is 1. The highest BCUT2D eigenvalue weighted by Crippen LogP contribution is 2.29. The number of likely N-dealkylation sites (N-methyl/N-ethyl adjacent to an activating group) is 1. The largest absolute Gasteiger partial charge is 0.416 e. The molecule has 0 aromatic heterocycles. The Hall–Kier alpha value is -1.76. The van der Waals surface area contributed by atoms with E-state index in [1.54, 1.807) is 7.05 Å². The maximum absolute atomic E-state index is 12.5. The van der Waals surface area contributed by atoms with Crippen LogP contribution in [0.2, 0.25) is 0 Å². The van der Waals surface area contributed by atoms with Gasteiger partial charge in [-0.25, -0.2) is 0 Å². The lowest BCUT2D eigenvalue weighted by Gasteiger charge is -2.20. The Labute approximate surface area is 147 Å². The van der Waals surface area contributed by atoms with Crippen LogP contribution in [0.25, 0.3) is 0 Å². The summed E-state index contributed by atoms with van der Waals surface area (Å²) in [5.74, 6) is 0.721. The zero-order valence-electron chi connectivity index (χ0n) is 14.9. The summed E-state index contributed by atoms with van der Waals surface area (Å²) < 4.78 is 37.6. The molecule has 7 heteroatoms. The normalized spacial score (nSPS) is 15.5. The molecular weight excluding hydrogens is 329 g/mol. The molecule has 0 heterocycles. The Morgan fingerprint density at radius 2 is 1.80 bits per heavy atom. The number of hydrogen-bond acceptors (Lipinski definition) is 2. The van der Waals surface area contributed by atoms with E-state index in [-0.39, 0.29) is 0 Å². The summed E-state index contributed by atoms with van der Waals surface area (Å²) >= 11 is 0. The van der Waals surface area contributed by atoms with Gasteiger partial charge in [-0.05, 0) is 43.5 Å². The minimum absolute atomic E-state index is 0.613. The van der Waals surface area contributed by atoms with E-state index in [9.17, 15) is 13.2 Å². The Bertz CT molecular complexity index is 550. The van der Waals surface area contributed by atoms with Crippen LogP contribution >= 0.6 is 0 Å². The first-order valence-corrected chi connectivity index (χ1v) is 8.78. The Morgan fingerprint density at radius 3 is 2.32 bits per heavy atom. The molecule has 4 nitrogen and oxygen atoms in total. The molecule has 0 bridgehead atoms. The molecule has 2 rings (SSSR count). The number of benzene rings is 1. The lowest BCUT2D eigenvalue weighted by molar-refractivity contribution is -0.137. The maximum Gasteiger partial charge on any atom is 0.416 e. The van der Waals surface area contributed by atoms with Crippen molar-refractivity contribution < 1.29 is 13.2 Å². The van der Waals surface area contributed by atoms with Crippen molar-refractivity contribution in [3.8, 4) is 0 Å². The smallest absolute Gasteiger partial charge is 0.356 e. The van der Waals surface area contributed by atoms with Crippen LogP contribution < -0.4 is 10.6 Å². The van der Waals surface area contributed by atoms with Crippen LogP contribution in [0.15, 0.2) is 29.3 Å². The molecular formula is C18H27F3N4. The topological polar surface area (TPSA) is 39.7 Å². The number of alkyl halides is 3. The van der Waals surface area contributed by atoms with E-state index in [1.807, 2.05) is 0 Å². The number of aliphatic imine (C=N–C) groups is 1. The maximum atomic E-state index is 12.5. The van der Waals surface area contributed by atoms with Crippen LogP contribution in [-0.4, -0.2) is 50.1 Å². The van der Waals surface area contributed by atoms with Gasteiger partial charge >= 0.3 is 6.18 Å². The standard InChI is InChI=1S/C18H27F3N4/c1-3-25(16-8-9-16)13-12-24-17(22-2)23-11-10-14-4-6-15(7-5-14)18(19,20)21/h4-7,16H,3,8-13H2,1-2H3,(H2,22,23,24). The van der Waals surface area contributed by atoms with Crippen LogP contribution in [0.3, 0.4) is 0 Å². The van der Waals surface area contributed by atoms with Gasteiger partial charge < -0.3 is 10.6 Å². The molecule has 140 valence electrons. The van der Waals surface area contributed by atoms with E-state index in [0.717, 1.165) is 49.3 Å². The Balaban J connectivity index is 1.68. The van der Waals surface area contributed by atoms with Gasteiger partial charge in [-0.1, -0.05) is 19.1 Å². The van der Waals surface area contributed by atoms with Gasteiger partial charge in [-0.2, -0.15) is 13.2 Å². The second kappa shape index (κ2) is 9.08. The van der Waals surface area contributed by atoms with E-state index in [4.69, 9.17) is 0 Å². The van der Waals surface area contributed by atoms with Gasteiger partial charge in [0.25, 0.3) is 0 Å². The van der Waals surface area contributed by atoms with Crippen molar-refractivity contribution in [2.45, 2.75) is 38.4 Å². The van der Waals surface area contributed by atoms with Crippen molar-refractivity contribution in [2.75, 3.05) is 33.2 Å². The number of hydrogen-bond donors (Lipinski definition) is 2. The van der Waals surface area contributed by atoms with Gasteiger partial charge in [0, 0.05) is 32.7 Å². The summed E-state index contributed by atoms with van der Waals surface area (Å²) in [5.41, 5.74) is 0.250. The highest BCUT2D eigenvalue weighted by molar-refractivity contribution is 5.79. The third-order valence-electron chi connectivity index (χ3n) is 4.37. The molecule has 0 atom stereocenters. The molecule has 0 saturated heterocycles. The summed E-state index contributed by atoms with van der Waals surface area (Å²) in [7, 11) is 1.71. The van der Waals surface area contributed by atoms with E-state index in [2.05, 4.69) is 27.4 Å². The van der Waals surface area contributed by atoms with E-state index < -0.39 is 11.7 Å². The van der Waals surface area contributed by atoms with Crippen LogP contribution in [0.5, 0.6) is 0 Å². The average molecular weight is 356 g/mol. The van der Waals surface area contributed by atoms with Crippen molar-refractivity contribution in [1.29, 1.82) is 0 Å². The average Bonchev–Trinajstić information content (AvgIpc) is 3.41. The second-order valence-electron chi connectivity index (χ2n) is 6.23.